The average molecular weight is 357 g/mol. The second kappa shape index (κ2) is 7.70. The Bertz CT molecular complexity index is 464. The van der Waals surface area contributed by atoms with Gasteiger partial charge in [0.25, 0.3) is 0 Å². The smallest absolute Gasteiger partial charge is 0.137 e. The summed E-state index contributed by atoms with van der Waals surface area (Å²) in [5.41, 5.74) is 7.12. The average Bonchev–Trinajstić information content (AvgIpc) is 2.70. The number of hydrogen-bond acceptors (Lipinski definition) is 2. The highest BCUT2D eigenvalue weighted by Crippen LogP contribution is 2.30. The monoisotopic (exact) mass is 356 g/mol. The highest BCUT2D eigenvalue weighted by molar-refractivity contribution is 9.10. The Morgan fingerprint density at radius 2 is 2.10 bits per heavy atom. The van der Waals surface area contributed by atoms with Gasteiger partial charge in [-0.2, -0.15) is 0 Å². The third kappa shape index (κ3) is 4.27. The Morgan fingerprint density at radius 3 is 2.71 bits per heavy atom. The maximum absolute atomic E-state index is 13.4. The minimum Gasteiger partial charge on any atom is -0.329 e. The number of benzene rings is 1. The molecule has 21 heavy (non-hydrogen) atoms. The van der Waals surface area contributed by atoms with Crippen molar-refractivity contribution in [1.29, 1.82) is 0 Å². The Morgan fingerprint density at radius 1 is 1.33 bits per heavy atom. The van der Waals surface area contributed by atoms with Crippen molar-refractivity contribution in [1.82, 2.24) is 4.90 Å². The van der Waals surface area contributed by atoms with Crippen molar-refractivity contribution in [2.24, 2.45) is 17.6 Å². The number of rotatable bonds is 4. The molecule has 2 rings (SSSR count). The first-order chi connectivity index (χ1) is 10.0. The summed E-state index contributed by atoms with van der Waals surface area (Å²) < 4.78 is 13.9. The first-order valence-electron chi connectivity index (χ1n) is 7.92. The van der Waals surface area contributed by atoms with E-state index in [9.17, 15) is 4.39 Å². The largest absolute Gasteiger partial charge is 0.329 e. The predicted octanol–water partition coefficient (Wildman–Crippen LogP) is 4.35. The Balaban J connectivity index is 2.11. The fourth-order valence-corrected chi connectivity index (χ4v) is 3.73. The number of likely N-dealkylation sites (tertiary alicyclic amines) is 1. The van der Waals surface area contributed by atoms with E-state index in [1.807, 2.05) is 12.1 Å². The Labute approximate surface area is 136 Å². The molecule has 1 aromatic rings. The van der Waals surface area contributed by atoms with Gasteiger partial charge < -0.3 is 5.73 Å². The van der Waals surface area contributed by atoms with Gasteiger partial charge in [0, 0.05) is 12.6 Å². The minimum absolute atomic E-state index is 0.188. The van der Waals surface area contributed by atoms with E-state index in [4.69, 9.17) is 5.73 Å². The summed E-state index contributed by atoms with van der Waals surface area (Å²) in [5, 5.41) is 0. The first-order valence-corrected chi connectivity index (χ1v) is 8.71. The summed E-state index contributed by atoms with van der Waals surface area (Å²) >= 11 is 3.28. The molecule has 1 saturated heterocycles. The normalized spacial score (nSPS) is 22.3. The van der Waals surface area contributed by atoms with Gasteiger partial charge in [0.05, 0.1) is 4.47 Å². The van der Waals surface area contributed by atoms with Crippen LogP contribution in [0.4, 0.5) is 4.39 Å². The van der Waals surface area contributed by atoms with E-state index < -0.39 is 0 Å². The summed E-state index contributed by atoms with van der Waals surface area (Å²) in [6.07, 6.45) is 3.76. The number of hydrogen-bond donors (Lipinski definition) is 1. The molecule has 0 saturated carbocycles. The third-order valence-corrected chi connectivity index (χ3v) is 5.35. The van der Waals surface area contributed by atoms with Gasteiger partial charge in [-0.3, -0.25) is 4.90 Å². The molecule has 0 aromatic heterocycles. The molecule has 0 amide bonds. The molecule has 4 heteroatoms. The van der Waals surface area contributed by atoms with Crippen molar-refractivity contribution in [3.63, 3.8) is 0 Å². The fraction of sp³-hybridized carbons (Fsp3) is 0.647. The van der Waals surface area contributed by atoms with Crippen molar-refractivity contribution in [2.45, 2.75) is 39.2 Å². The highest BCUT2D eigenvalue weighted by Gasteiger charge is 2.25. The van der Waals surface area contributed by atoms with E-state index in [0.717, 1.165) is 30.5 Å². The van der Waals surface area contributed by atoms with E-state index in [2.05, 4.69) is 34.7 Å². The summed E-state index contributed by atoms with van der Waals surface area (Å²) in [5.74, 6) is 1.35. The molecule has 1 aromatic carbocycles. The molecule has 2 nitrogen and oxygen atoms in total. The second-order valence-corrected chi connectivity index (χ2v) is 7.25. The van der Waals surface area contributed by atoms with Crippen molar-refractivity contribution < 1.29 is 4.39 Å². The van der Waals surface area contributed by atoms with Gasteiger partial charge in [-0.1, -0.05) is 19.9 Å². The van der Waals surface area contributed by atoms with Crippen LogP contribution in [-0.2, 0) is 0 Å². The van der Waals surface area contributed by atoms with Gasteiger partial charge in [0.15, 0.2) is 0 Å². The van der Waals surface area contributed by atoms with Gasteiger partial charge in [-0.15, -0.1) is 0 Å². The third-order valence-electron chi connectivity index (χ3n) is 4.74. The first kappa shape index (κ1) is 16.9. The van der Waals surface area contributed by atoms with Crippen molar-refractivity contribution in [3.05, 3.63) is 34.1 Å². The molecule has 1 heterocycles. The summed E-state index contributed by atoms with van der Waals surface area (Å²) in [6, 6.07) is 5.45. The van der Waals surface area contributed by atoms with Gasteiger partial charge >= 0.3 is 0 Å². The van der Waals surface area contributed by atoms with Crippen LogP contribution in [0.5, 0.6) is 0 Å². The van der Waals surface area contributed by atoms with Crippen LogP contribution >= 0.6 is 15.9 Å². The molecular formula is C17H26BrFN2. The van der Waals surface area contributed by atoms with Gasteiger partial charge in [0.1, 0.15) is 5.82 Å². The quantitative estimate of drug-likeness (QED) is 0.868. The molecule has 0 radical (unpaired) electrons. The molecule has 2 atom stereocenters. The van der Waals surface area contributed by atoms with Crippen LogP contribution in [0.1, 0.15) is 44.7 Å². The SMILES string of the molecule is CC(C)C1CCCN(C(CN)c2ccc(F)c(Br)c2)CC1. The maximum Gasteiger partial charge on any atom is 0.137 e. The topological polar surface area (TPSA) is 29.3 Å². The van der Waals surface area contributed by atoms with Gasteiger partial charge in [-0.25, -0.2) is 4.39 Å². The highest BCUT2D eigenvalue weighted by atomic mass is 79.9. The summed E-state index contributed by atoms with van der Waals surface area (Å²) in [7, 11) is 0. The van der Waals surface area contributed by atoms with Crippen LogP contribution in [0, 0.1) is 17.7 Å². The van der Waals surface area contributed by atoms with Crippen LogP contribution in [0.3, 0.4) is 0 Å². The summed E-state index contributed by atoms with van der Waals surface area (Å²) in [6.45, 7) is 7.37. The van der Waals surface area contributed by atoms with E-state index in [1.165, 1.54) is 25.3 Å². The molecule has 1 fully saturated rings. The number of nitrogens with two attached hydrogens (primary N) is 1. The van der Waals surface area contributed by atoms with Crippen LogP contribution in [-0.4, -0.2) is 24.5 Å². The van der Waals surface area contributed by atoms with Crippen molar-refractivity contribution in [2.75, 3.05) is 19.6 Å². The molecule has 2 N–H and O–H groups in total. The van der Waals surface area contributed by atoms with Gasteiger partial charge in [-0.05, 0) is 77.8 Å². The number of halogens is 2. The number of nitrogens with zero attached hydrogens (tertiary/aromatic N) is 1. The molecule has 1 aliphatic heterocycles. The second-order valence-electron chi connectivity index (χ2n) is 6.40. The molecule has 0 bridgehead atoms. The van der Waals surface area contributed by atoms with Crippen LogP contribution in [0.15, 0.2) is 22.7 Å². The van der Waals surface area contributed by atoms with Crippen molar-refractivity contribution >= 4 is 15.9 Å². The minimum atomic E-state index is -0.217. The lowest BCUT2D eigenvalue weighted by atomic mass is 9.89. The van der Waals surface area contributed by atoms with E-state index in [1.54, 1.807) is 0 Å². The fourth-order valence-electron chi connectivity index (χ4n) is 3.34. The molecule has 2 unspecified atom stereocenters. The molecule has 0 aliphatic carbocycles. The van der Waals surface area contributed by atoms with Crippen LogP contribution < -0.4 is 5.73 Å². The van der Waals surface area contributed by atoms with E-state index >= 15 is 0 Å². The zero-order chi connectivity index (χ0) is 15.4. The lowest BCUT2D eigenvalue weighted by Crippen LogP contribution is -2.34. The molecule has 0 spiro atoms. The lowest BCUT2D eigenvalue weighted by molar-refractivity contribution is 0.204. The predicted molar refractivity (Wildman–Crippen MR) is 89.6 cm³/mol. The van der Waals surface area contributed by atoms with Crippen LogP contribution in [0.2, 0.25) is 0 Å². The standard InChI is InChI=1S/C17H26BrFN2/c1-12(2)13-4-3-8-21(9-7-13)17(11-20)14-5-6-16(19)15(18)10-14/h5-6,10,12-13,17H,3-4,7-9,11,20H2,1-2H3. The lowest BCUT2D eigenvalue weighted by Gasteiger charge is -2.30. The molecule has 1 aliphatic rings. The zero-order valence-corrected chi connectivity index (χ0v) is 14.6. The zero-order valence-electron chi connectivity index (χ0n) is 13.0. The van der Waals surface area contributed by atoms with E-state index in [-0.39, 0.29) is 11.9 Å². The Hall–Kier alpha value is -0.450. The van der Waals surface area contributed by atoms with Crippen LogP contribution in [0.25, 0.3) is 0 Å². The molecule has 118 valence electrons. The van der Waals surface area contributed by atoms with Gasteiger partial charge in [0.2, 0.25) is 0 Å². The summed E-state index contributed by atoms with van der Waals surface area (Å²) in [4.78, 5) is 2.47. The Kier molecular flexibility index (Phi) is 6.20. The molecular weight excluding hydrogens is 331 g/mol. The van der Waals surface area contributed by atoms with Crippen molar-refractivity contribution in [3.8, 4) is 0 Å². The van der Waals surface area contributed by atoms with E-state index in [0.29, 0.717) is 11.0 Å². The maximum atomic E-state index is 13.4.